The number of fused-ring (bicyclic) bond motifs is 1. The van der Waals surface area contributed by atoms with Gasteiger partial charge in [0.2, 0.25) is 5.91 Å². The number of likely N-dealkylation sites (tertiary alicyclic amines) is 2. The van der Waals surface area contributed by atoms with Crippen LogP contribution in [0.25, 0.3) is 0 Å². The van der Waals surface area contributed by atoms with E-state index in [0.717, 1.165) is 56.4 Å². The maximum Gasteiger partial charge on any atom is 0.418 e. The molecule has 5 heterocycles. The number of hydrogen-bond acceptors (Lipinski definition) is 5. The number of halogens is 3. The average molecular weight is 579 g/mol. The Bertz CT molecular complexity index is 1430. The molecule has 42 heavy (non-hydrogen) atoms. The summed E-state index contributed by atoms with van der Waals surface area (Å²) >= 11 is 0. The van der Waals surface area contributed by atoms with Crippen LogP contribution in [0.4, 0.5) is 13.2 Å². The van der Waals surface area contributed by atoms with Crippen LogP contribution in [0.5, 0.6) is 0 Å². The van der Waals surface area contributed by atoms with Gasteiger partial charge in [-0.1, -0.05) is 37.8 Å². The zero-order chi connectivity index (χ0) is 29.8. The van der Waals surface area contributed by atoms with E-state index in [-0.39, 0.29) is 23.4 Å². The van der Waals surface area contributed by atoms with E-state index in [9.17, 15) is 18.0 Å². The first-order valence-corrected chi connectivity index (χ1v) is 14.6. The fourth-order valence-corrected chi connectivity index (χ4v) is 6.82. The highest BCUT2D eigenvalue weighted by atomic mass is 19.4. The monoisotopic (exact) mass is 578 g/mol. The van der Waals surface area contributed by atoms with Crippen molar-refractivity contribution in [2.45, 2.75) is 44.7 Å². The molecule has 0 aliphatic carbocycles. The number of carbonyl (C=O) groups is 1. The van der Waals surface area contributed by atoms with Crippen molar-refractivity contribution in [1.82, 2.24) is 14.7 Å². The van der Waals surface area contributed by atoms with Gasteiger partial charge in [0.1, 0.15) is 0 Å². The topological polar surface area (TPSA) is 54.5 Å². The smallest absolute Gasteiger partial charge is 0.375 e. The lowest BCUT2D eigenvalue weighted by molar-refractivity contribution is -0.480. The van der Waals surface area contributed by atoms with Gasteiger partial charge < -0.3 is 4.90 Å². The second-order valence-corrected chi connectivity index (χ2v) is 12.3. The van der Waals surface area contributed by atoms with Gasteiger partial charge in [0, 0.05) is 44.0 Å². The third kappa shape index (κ3) is 5.37. The van der Waals surface area contributed by atoms with Crippen LogP contribution in [0.15, 0.2) is 82.0 Å². The minimum Gasteiger partial charge on any atom is -0.375 e. The molecular formula is C32H37F3N6O+. The van der Waals surface area contributed by atoms with Gasteiger partial charge in [-0.3, -0.25) is 14.6 Å². The minimum atomic E-state index is -4.58. The van der Waals surface area contributed by atoms with Gasteiger partial charge in [-0.25, -0.2) is 4.58 Å². The fourth-order valence-electron chi connectivity index (χ4n) is 6.82. The van der Waals surface area contributed by atoms with Crippen molar-refractivity contribution in [1.29, 1.82) is 0 Å². The number of likely N-dealkylation sites (N-methyl/N-ethyl adjacent to an activating group) is 1. The van der Waals surface area contributed by atoms with Crippen molar-refractivity contribution in [2.75, 3.05) is 39.8 Å². The number of amides is 1. The van der Waals surface area contributed by atoms with Gasteiger partial charge in [0.25, 0.3) is 0 Å². The summed E-state index contributed by atoms with van der Waals surface area (Å²) in [7, 11) is 1.91. The minimum absolute atomic E-state index is 0.0798. The van der Waals surface area contributed by atoms with Gasteiger partial charge >= 0.3 is 18.7 Å². The summed E-state index contributed by atoms with van der Waals surface area (Å²) in [4.78, 5) is 19.4. The summed E-state index contributed by atoms with van der Waals surface area (Å²) < 4.78 is 44.9. The highest BCUT2D eigenvalue weighted by Gasteiger charge is 2.47. The summed E-state index contributed by atoms with van der Waals surface area (Å²) in [5, 5.41) is 8.50. The first kappa shape index (κ1) is 28.6. The Kier molecular flexibility index (Phi) is 7.45. The maximum atomic E-state index is 14.3. The Morgan fingerprint density at radius 1 is 1.24 bits per heavy atom. The summed E-state index contributed by atoms with van der Waals surface area (Å²) in [6.07, 6.45) is 4.36. The Morgan fingerprint density at radius 2 is 2.02 bits per heavy atom. The molecule has 7 nitrogen and oxygen atoms in total. The van der Waals surface area contributed by atoms with E-state index in [1.165, 1.54) is 17.1 Å². The van der Waals surface area contributed by atoms with E-state index in [4.69, 9.17) is 0 Å². The predicted molar refractivity (Wildman–Crippen MR) is 154 cm³/mol. The normalized spacial score (nSPS) is 26.0. The molecule has 5 aliphatic heterocycles. The van der Waals surface area contributed by atoms with Gasteiger partial charge in [-0.2, -0.15) is 13.2 Å². The average Bonchev–Trinajstić information content (AvgIpc) is 3.47. The zero-order valence-corrected chi connectivity index (χ0v) is 24.3. The van der Waals surface area contributed by atoms with E-state index >= 15 is 0 Å². The van der Waals surface area contributed by atoms with E-state index in [2.05, 4.69) is 33.5 Å². The highest BCUT2D eigenvalue weighted by molar-refractivity contribution is 5.93. The lowest BCUT2D eigenvalue weighted by atomic mass is 9.78. The van der Waals surface area contributed by atoms with Gasteiger partial charge in [-0.15, -0.1) is 0 Å². The molecule has 2 saturated heterocycles. The molecule has 1 aromatic carbocycles. The van der Waals surface area contributed by atoms with E-state index in [0.29, 0.717) is 23.6 Å². The van der Waals surface area contributed by atoms with Crippen molar-refractivity contribution in [3.63, 3.8) is 0 Å². The second kappa shape index (κ2) is 10.9. The Labute approximate surface area is 245 Å². The second-order valence-electron chi connectivity index (χ2n) is 12.3. The van der Waals surface area contributed by atoms with Crippen molar-refractivity contribution >= 4 is 12.2 Å². The number of benzene rings is 1. The third-order valence-corrected chi connectivity index (χ3v) is 9.02. The van der Waals surface area contributed by atoms with Crippen LogP contribution in [-0.2, 0) is 4.79 Å². The molecule has 5 aliphatic rings. The molecule has 1 amide bonds. The molecule has 1 unspecified atom stereocenters. The Balaban J connectivity index is 1.30. The van der Waals surface area contributed by atoms with Crippen LogP contribution >= 0.6 is 0 Å². The number of rotatable bonds is 7. The zero-order valence-electron chi connectivity index (χ0n) is 24.3. The number of allylic oxidation sites excluding steroid dienone is 2. The number of azo groups is 1. The predicted octanol–water partition coefficient (Wildman–Crippen LogP) is 5.79. The molecule has 10 heteroatoms. The van der Waals surface area contributed by atoms with Crippen LogP contribution in [0.2, 0.25) is 0 Å². The molecule has 0 N–H and O–H groups in total. The van der Waals surface area contributed by atoms with Crippen LogP contribution in [-0.4, -0.2) is 77.5 Å². The molecule has 0 aromatic heterocycles. The first-order chi connectivity index (χ1) is 20.0. The molecule has 0 spiro atoms. The molecule has 221 valence electrons. The van der Waals surface area contributed by atoms with E-state index in [1.807, 2.05) is 42.8 Å². The van der Waals surface area contributed by atoms with Gasteiger partial charge in [0.05, 0.1) is 35.3 Å². The van der Waals surface area contributed by atoms with Crippen molar-refractivity contribution in [2.24, 2.45) is 22.1 Å². The van der Waals surface area contributed by atoms with Crippen LogP contribution in [0.1, 0.15) is 49.7 Å². The summed E-state index contributed by atoms with van der Waals surface area (Å²) in [5.74, 6) is -0.502. The Hall–Kier alpha value is -3.53. The fraction of sp³-hybridized carbons (Fsp3) is 0.469. The molecule has 3 atom stereocenters. The Morgan fingerprint density at radius 3 is 2.69 bits per heavy atom. The highest BCUT2D eigenvalue weighted by Crippen LogP contribution is 2.45. The number of carbonyl (C=O) groups excluding carboxylic acids is 1. The van der Waals surface area contributed by atoms with Crippen LogP contribution in [0.3, 0.4) is 0 Å². The molecular weight excluding hydrogens is 541 g/mol. The molecule has 1 radical (unpaired) electrons. The number of alkyl halides is 3. The van der Waals surface area contributed by atoms with E-state index in [1.54, 1.807) is 12.5 Å². The van der Waals surface area contributed by atoms with Gasteiger partial charge in [0.15, 0.2) is 0 Å². The molecule has 0 bridgehead atoms. The molecule has 2 fully saturated rings. The van der Waals surface area contributed by atoms with Crippen molar-refractivity contribution < 1.29 is 22.5 Å². The lowest BCUT2D eigenvalue weighted by Gasteiger charge is -2.45. The SMILES string of the molecule is C=C(C)N1CC([C@@H]([C]2N=NC=[N+]2C)c2cccc(C3C=C4C(C(F)(F)F)=CC(CN5CCC[C@H](C)C5)=CN4C3=O)c2)C1. The number of piperidine rings is 1. The van der Waals surface area contributed by atoms with Crippen molar-refractivity contribution in [3.05, 3.63) is 89.0 Å². The number of nitrogens with zero attached hydrogens (tertiary/aromatic N) is 6. The molecule has 1 aromatic rings. The lowest BCUT2D eigenvalue weighted by Crippen LogP contribution is -2.49. The van der Waals surface area contributed by atoms with E-state index < -0.39 is 17.7 Å². The quantitative estimate of drug-likeness (QED) is 0.385. The summed E-state index contributed by atoms with van der Waals surface area (Å²) in [6.45, 7) is 11.9. The summed E-state index contributed by atoms with van der Waals surface area (Å²) in [5.41, 5.74) is 2.30. The summed E-state index contributed by atoms with van der Waals surface area (Å²) in [6, 6.07) is 7.67. The largest absolute Gasteiger partial charge is 0.418 e. The molecule has 6 rings (SSSR count). The third-order valence-electron chi connectivity index (χ3n) is 9.02. The first-order valence-electron chi connectivity index (χ1n) is 14.6. The standard InChI is InChI=1S/C32H37F3N6O/c1-20(2)40-17-25(18-40)29(30-37-36-19-38(30)4)24-9-5-8-23(12-24)26-13-28-27(32(33,34)35)11-22(16-41(28)31(26)42)15-39-10-6-7-21(3)14-39/h5,8-9,11-13,16,19,21,25-26,29H,1,6-7,10,14-15,17-18H2,2-4H3/q+1/t21-,26?,29-/m0/s1. The maximum absolute atomic E-state index is 14.3. The van der Waals surface area contributed by atoms with Gasteiger partial charge in [-0.05, 0) is 66.2 Å². The molecule has 0 saturated carbocycles. The van der Waals surface area contributed by atoms with Crippen LogP contribution in [0, 0.1) is 18.0 Å². The van der Waals surface area contributed by atoms with Crippen molar-refractivity contribution in [3.8, 4) is 0 Å². The number of hydrogen-bond donors (Lipinski definition) is 0. The van der Waals surface area contributed by atoms with Crippen LogP contribution < -0.4 is 0 Å².